The Morgan fingerprint density at radius 2 is 1.64 bits per heavy atom. The summed E-state index contributed by atoms with van der Waals surface area (Å²) in [7, 11) is 0. The Kier molecular flexibility index (Phi) is 6.17. The summed E-state index contributed by atoms with van der Waals surface area (Å²) in [4.78, 5) is 24.2. The van der Waals surface area contributed by atoms with E-state index in [1.54, 1.807) is 24.3 Å². The zero-order chi connectivity index (χ0) is 17.1. The van der Waals surface area contributed by atoms with Crippen LogP contribution >= 0.6 is 12.4 Å². The second-order valence-electron chi connectivity index (χ2n) is 6.27. The van der Waals surface area contributed by atoms with Crippen LogP contribution < -0.4 is 16.0 Å². The van der Waals surface area contributed by atoms with Gasteiger partial charge in [-0.2, -0.15) is 0 Å². The minimum atomic E-state index is -0.156. The maximum atomic E-state index is 12.4. The number of carbonyl (C=O) groups excluding carboxylic acids is 2. The van der Waals surface area contributed by atoms with Gasteiger partial charge in [0.15, 0.2) is 0 Å². The zero-order valence-electron chi connectivity index (χ0n) is 14.3. The molecule has 1 aliphatic rings. The first kappa shape index (κ1) is 19.0. The van der Waals surface area contributed by atoms with Gasteiger partial charge in [0.2, 0.25) is 5.91 Å². The van der Waals surface area contributed by atoms with Gasteiger partial charge in [-0.15, -0.1) is 12.4 Å². The lowest BCUT2D eigenvalue weighted by atomic mass is 10.1. The van der Waals surface area contributed by atoms with Crippen LogP contribution in [0.4, 0.5) is 11.4 Å². The molecule has 0 bridgehead atoms. The molecule has 0 aliphatic carbocycles. The normalized spacial score (nSPS) is 12.3. The highest BCUT2D eigenvalue weighted by Gasteiger charge is 2.14. The summed E-state index contributed by atoms with van der Waals surface area (Å²) in [6.07, 6.45) is 0. The van der Waals surface area contributed by atoms with Gasteiger partial charge in [0.05, 0.1) is 0 Å². The average molecular weight is 360 g/mol. The molecule has 3 rings (SSSR count). The summed E-state index contributed by atoms with van der Waals surface area (Å²) < 4.78 is 0. The fourth-order valence-corrected chi connectivity index (χ4v) is 2.60. The molecule has 0 fully saturated rings. The van der Waals surface area contributed by atoms with Crippen LogP contribution in [-0.2, 0) is 17.9 Å². The second kappa shape index (κ2) is 8.14. The molecular formula is C19H22ClN3O2. The third kappa shape index (κ3) is 4.59. The van der Waals surface area contributed by atoms with Gasteiger partial charge in [-0.25, -0.2) is 0 Å². The van der Waals surface area contributed by atoms with E-state index in [9.17, 15) is 9.59 Å². The fraction of sp³-hybridized carbons (Fsp3) is 0.263. The molecule has 0 unspecified atom stereocenters. The minimum Gasteiger partial charge on any atom is -0.326 e. The van der Waals surface area contributed by atoms with E-state index < -0.39 is 0 Å². The van der Waals surface area contributed by atoms with Crippen LogP contribution in [0.1, 0.15) is 35.3 Å². The topological polar surface area (TPSA) is 70.2 Å². The summed E-state index contributed by atoms with van der Waals surface area (Å²) in [6.45, 7) is 5.33. The van der Waals surface area contributed by atoms with E-state index in [1.165, 1.54) is 11.1 Å². The van der Waals surface area contributed by atoms with Gasteiger partial charge in [-0.1, -0.05) is 26.0 Å². The molecule has 2 aromatic carbocycles. The van der Waals surface area contributed by atoms with Crippen molar-refractivity contribution >= 4 is 35.6 Å². The van der Waals surface area contributed by atoms with E-state index in [-0.39, 0.29) is 30.1 Å². The van der Waals surface area contributed by atoms with Crippen molar-refractivity contribution in [2.75, 3.05) is 10.6 Å². The molecule has 0 spiro atoms. The molecular weight excluding hydrogens is 338 g/mol. The van der Waals surface area contributed by atoms with Crippen molar-refractivity contribution in [1.82, 2.24) is 5.32 Å². The van der Waals surface area contributed by atoms with Gasteiger partial charge in [0, 0.05) is 35.9 Å². The number of carbonyl (C=O) groups is 2. The molecule has 0 atom stereocenters. The maximum Gasteiger partial charge on any atom is 0.255 e. The molecule has 0 saturated carbocycles. The molecule has 5 nitrogen and oxygen atoms in total. The Morgan fingerprint density at radius 1 is 0.960 bits per heavy atom. The largest absolute Gasteiger partial charge is 0.326 e. The SMILES string of the molecule is CC(C)C(=O)Nc1cccc(NC(=O)c2ccc3c(c2)CNC3)c1.Cl. The van der Waals surface area contributed by atoms with Gasteiger partial charge >= 0.3 is 0 Å². The van der Waals surface area contributed by atoms with Crippen LogP contribution in [0, 0.1) is 5.92 Å². The molecule has 0 radical (unpaired) electrons. The Morgan fingerprint density at radius 3 is 2.36 bits per heavy atom. The number of nitrogens with one attached hydrogen (secondary N) is 3. The van der Waals surface area contributed by atoms with Crippen molar-refractivity contribution in [1.29, 1.82) is 0 Å². The number of hydrogen-bond donors (Lipinski definition) is 3. The van der Waals surface area contributed by atoms with Crippen LogP contribution in [0.5, 0.6) is 0 Å². The highest BCUT2D eigenvalue weighted by Crippen LogP contribution is 2.20. The predicted octanol–water partition coefficient (Wildman–Crippen LogP) is 3.56. The van der Waals surface area contributed by atoms with Crippen molar-refractivity contribution in [3.8, 4) is 0 Å². The number of hydrogen-bond acceptors (Lipinski definition) is 3. The minimum absolute atomic E-state index is 0. The first-order chi connectivity index (χ1) is 11.5. The summed E-state index contributed by atoms with van der Waals surface area (Å²) in [6, 6.07) is 12.9. The molecule has 0 saturated heterocycles. The lowest BCUT2D eigenvalue weighted by Gasteiger charge is -2.10. The van der Waals surface area contributed by atoms with Crippen LogP contribution in [-0.4, -0.2) is 11.8 Å². The molecule has 132 valence electrons. The monoisotopic (exact) mass is 359 g/mol. The van der Waals surface area contributed by atoms with Crippen LogP contribution in [0.25, 0.3) is 0 Å². The fourth-order valence-electron chi connectivity index (χ4n) is 2.60. The van der Waals surface area contributed by atoms with Gasteiger partial charge in [0.25, 0.3) is 5.91 Å². The maximum absolute atomic E-state index is 12.4. The average Bonchev–Trinajstić information content (AvgIpc) is 3.02. The van der Waals surface area contributed by atoms with E-state index in [1.807, 2.05) is 32.0 Å². The highest BCUT2D eigenvalue weighted by atomic mass is 35.5. The molecule has 6 heteroatoms. The number of benzene rings is 2. The van der Waals surface area contributed by atoms with Gasteiger partial charge in [0.1, 0.15) is 0 Å². The second-order valence-corrected chi connectivity index (χ2v) is 6.27. The number of anilines is 2. The first-order valence-corrected chi connectivity index (χ1v) is 8.08. The van der Waals surface area contributed by atoms with Crippen molar-refractivity contribution < 1.29 is 9.59 Å². The Balaban J connectivity index is 0.00000225. The molecule has 2 aromatic rings. The summed E-state index contributed by atoms with van der Waals surface area (Å²) in [5, 5.41) is 8.98. The summed E-state index contributed by atoms with van der Waals surface area (Å²) in [5.74, 6) is -0.301. The van der Waals surface area contributed by atoms with Gasteiger partial charge < -0.3 is 16.0 Å². The van der Waals surface area contributed by atoms with E-state index >= 15 is 0 Å². The predicted molar refractivity (Wildman–Crippen MR) is 102 cm³/mol. The van der Waals surface area contributed by atoms with Crippen molar-refractivity contribution in [3.05, 3.63) is 59.2 Å². The van der Waals surface area contributed by atoms with Crippen molar-refractivity contribution in [2.24, 2.45) is 5.92 Å². The molecule has 3 N–H and O–H groups in total. The van der Waals surface area contributed by atoms with Crippen LogP contribution in [0.3, 0.4) is 0 Å². The third-order valence-electron chi connectivity index (χ3n) is 4.01. The molecule has 1 heterocycles. The standard InChI is InChI=1S/C19H21N3O2.ClH/c1-12(2)18(23)21-16-4-3-5-17(9-16)22-19(24)13-6-7-14-10-20-11-15(14)8-13;/h3-9,12,20H,10-11H2,1-2H3,(H,21,23)(H,22,24);1H. The molecule has 1 aliphatic heterocycles. The van der Waals surface area contributed by atoms with E-state index in [2.05, 4.69) is 16.0 Å². The van der Waals surface area contributed by atoms with Crippen molar-refractivity contribution in [3.63, 3.8) is 0 Å². The zero-order valence-corrected chi connectivity index (χ0v) is 15.1. The van der Waals surface area contributed by atoms with Crippen molar-refractivity contribution in [2.45, 2.75) is 26.9 Å². The molecule has 0 aromatic heterocycles. The quantitative estimate of drug-likeness (QED) is 0.781. The van der Waals surface area contributed by atoms with E-state index in [0.717, 1.165) is 13.1 Å². The Labute approximate surface area is 153 Å². The van der Waals surface area contributed by atoms with E-state index in [4.69, 9.17) is 0 Å². The summed E-state index contributed by atoms with van der Waals surface area (Å²) in [5.41, 5.74) is 4.37. The first-order valence-electron chi connectivity index (χ1n) is 8.08. The number of rotatable bonds is 4. The van der Waals surface area contributed by atoms with Crippen LogP contribution in [0.2, 0.25) is 0 Å². The molecule has 2 amide bonds. The molecule has 25 heavy (non-hydrogen) atoms. The number of amides is 2. The summed E-state index contributed by atoms with van der Waals surface area (Å²) >= 11 is 0. The number of halogens is 1. The van der Waals surface area contributed by atoms with Gasteiger partial charge in [-0.3, -0.25) is 9.59 Å². The third-order valence-corrected chi connectivity index (χ3v) is 4.01. The van der Waals surface area contributed by atoms with Gasteiger partial charge in [-0.05, 0) is 41.5 Å². The highest BCUT2D eigenvalue weighted by molar-refractivity contribution is 6.05. The lowest BCUT2D eigenvalue weighted by molar-refractivity contribution is -0.118. The Hall–Kier alpha value is -2.37. The smallest absolute Gasteiger partial charge is 0.255 e. The Bertz CT molecular complexity index is 790. The van der Waals surface area contributed by atoms with E-state index in [0.29, 0.717) is 16.9 Å². The number of fused-ring (bicyclic) bond motifs is 1. The van der Waals surface area contributed by atoms with Crippen LogP contribution in [0.15, 0.2) is 42.5 Å². The lowest BCUT2D eigenvalue weighted by Crippen LogP contribution is -2.18.